The minimum absolute atomic E-state index is 0.192. The third-order valence-corrected chi connectivity index (χ3v) is 1.99. The Hall–Kier alpha value is -0.610. The van der Waals surface area contributed by atoms with E-state index < -0.39 is 11.4 Å². The molecule has 1 rings (SSSR count). The summed E-state index contributed by atoms with van der Waals surface area (Å²) in [5.41, 5.74) is 4.26. The van der Waals surface area contributed by atoms with Crippen LogP contribution in [-0.2, 0) is 4.79 Å². The van der Waals surface area contributed by atoms with E-state index >= 15 is 0 Å². The summed E-state index contributed by atoms with van der Waals surface area (Å²) < 4.78 is 0. The highest BCUT2D eigenvalue weighted by Crippen LogP contribution is 2.17. The van der Waals surface area contributed by atoms with E-state index in [0.29, 0.717) is 6.42 Å². The van der Waals surface area contributed by atoms with Gasteiger partial charge in [-0.25, -0.2) is 0 Å². The Bertz CT molecular complexity index is 141. The van der Waals surface area contributed by atoms with E-state index in [1.54, 1.807) is 0 Å². The van der Waals surface area contributed by atoms with Crippen molar-refractivity contribution >= 4 is 5.91 Å². The topological polar surface area (TPSA) is 75.4 Å². The highest BCUT2D eigenvalue weighted by Gasteiger charge is 2.38. The second-order valence-electron chi connectivity index (χ2n) is 2.63. The fourth-order valence-electron chi connectivity index (χ4n) is 1.23. The maximum absolute atomic E-state index is 10.8. The first-order valence-corrected chi connectivity index (χ1v) is 3.37. The van der Waals surface area contributed by atoms with Crippen LogP contribution in [0.15, 0.2) is 0 Å². The molecule has 0 aromatic carbocycles. The van der Waals surface area contributed by atoms with Crippen LogP contribution in [0.2, 0.25) is 0 Å². The number of nitrogens with two attached hydrogens (primary N) is 1. The van der Waals surface area contributed by atoms with Crippen molar-refractivity contribution in [3.05, 3.63) is 0 Å². The van der Waals surface area contributed by atoms with Gasteiger partial charge in [-0.1, -0.05) is 0 Å². The molecule has 0 aliphatic carbocycles. The standard InChI is InChI=1S/C6H12N2O2/c7-5(10)6(4-9)2-1-3-8-6/h8-9H,1-4H2,(H2,7,10)/t6-/m1/s1. The fraction of sp³-hybridized carbons (Fsp3) is 0.833. The molecule has 0 aromatic heterocycles. The van der Waals surface area contributed by atoms with Crippen molar-refractivity contribution in [3.8, 4) is 0 Å². The lowest BCUT2D eigenvalue weighted by molar-refractivity contribution is -0.125. The molecule has 1 fully saturated rings. The third kappa shape index (κ3) is 0.998. The smallest absolute Gasteiger partial charge is 0.240 e. The van der Waals surface area contributed by atoms with E-state index in [2.05, 4.69) is 5.32 Å². The molecule has 4 heteroatoms. The molecule has 0 bridgehead atoms. The van der Waals surface area contributed by atoms with Gasteiger partial charge in [0.2, 0.25) is 5.91 Å². The predicted octanol–water partition coefficient (Wildman–Crippen LogP) is -1.41. The first kappa shape index (κ1) is 7.50. The maximum atomic E-state index is 10.8. The average Bonchev–Trinajstić information content (AvgIpc) is 2.35. The van der Waals surface area contributed by atoms with E-state index in [1.807, 2.05) is 0 Å². The molecule has 58 valence electrons. The van der Waals surface area contributed by atoms with E-state index in [-0.39, 0.29) is 6.61 Å². The van der Waals surface area contributed by atoms with E-state index in [1.165, 1.54) is 0 Å². The molecule has 1 aliphatic rings. The Balaban J connectivity index is 2.67. The average molecular weight is 144 g/mol. The van der Waals surface area contributed by atoms with Crippen molar-refractivity contribution in [2.75, 3.05) is 13.2 Å². The molecular weight excluding hydrogens is 132 g/mol. The molecule has 1 saturated heterocycles. The maximum Gasteiger partial charge on any atom is 0.240 e. The molecular formula is C6H12N2O2. The van der Waals surface area contributed by atoms with Gasteiger partial charge in [0.1, 0.15) is 5.54 Å². The molecule has 1 atom stereocenters. The first-order chi connectivity index (χ1) is 4.71. The number of carbonyl (C=O) groups is 1. The number of carbonyl (C=O) groups excluding carboxylic acids is 1. The number of nitrogens with one attached hydrogen (secondary N) is 1. The summed E-state index contributed by atoms with van der Waals surface area (Å²) in [5.74, 6) is -0.451. The van der Waals surface area contributed by atoms with E-state index in [0.717, 1.165) is 13.0 Å². The van der Waals surface area contributed by atoms with E-state index in [9.17, 15) is 4.79 Å². The lowest BCUT2D eigenvalue weighted by Gasteiger charge is -2.22. The Morgan fingerprint density at radius 2 is 2.50 bits per heavy atom. The largest absolute Gasteiger partial charge is 0.394 e. The van der Waals surface area contributed by atoms with Gasteiger partial charge in [-0.2, -0.15) is 0 Å². The van der Waals surface area contributed by atoms with Crippen LogP contribution in [0, 0.1) is 0 Å². The summed E-state index contributed by atoms with van der Waals surface area (Å²) in [5, 5.41) is 11.7. The minimum Gasteiger partial charge on any atom is -0.394 e. The van der Waals surface area contributed by atoms with Crippen molar-refractivity contribution in [1.29, 1.82) is 0 Å². The van der Waals surface area contributed by atoms with Gasteiger partial charge in [0.05, 0.1) is 6.61 Å². The second kappa shape index (κ2) is 2.56. The number of amides is 1. The lowest BCUT2D eigenvalue weighted by Crippen LogP contribution is -2.54. The van der Waals surface area contributed by atoms with Crippen molar-refractivity contribution < 1.29 is 9.90 Å². The normalized spacial score (nSPS) is 32.5. The third-order valence-electron chi connectivity index (χ3n) is 1.99. The molecule has 0 aromatic rings. The molecule has 0 unspecified atom stereocenters. The molecule has 0 spiro atoms. The van der Waals surface area contributed by atoms with Gasteiger partial charge >= 0.3 is 0 Å². The SMILES string of the molecule is NC(=O)[C@]1(CO)CCCN1. The van der Waals surface area contributed by atoms with Gasteiger partial charge in [-0.15, -0.1) is 0 Å². The molecule has 4 N–H and O–H groups in total. The van der Waals surface area contributed by atoms with Crippen LogP contribution in [0.4, 0.5) is 0 Å². The fourth-order valence-corrected chi connectivity index (χ4v) is 1.23. The number of hydrogen-bond acceptors (Lipinski definition) is 3. The summed E-state index contributed by atoms with van der Waals surface area (Å²) in [6, 6.07) is 0. The van der Waals surface area contributed by atoms with Gasteiger partial charge < -0.3 is 16.2 Å². The summed E-state index contributed by atoms with van der Waals surface area (Å²) in [4.78, 5) is 10.8. The second-order valence-corrected chi connectivity index (χ2v) is 2.63. The van der Waals surface area contributed by atoms with Crippen molar-refractivity contribution in [2.45, 2.75) is 18.4 Å². The summed E-state index contributed by atoms with van der Waals surface area (Å²) in [7, 11) is 0. The number of hydrogen-bond donors (Lipinski definition) is 3. The highest BCUT2D eigenvalue weighted by molar-refractivity contribution is 5.85. The highest BCUT2D eigenvalue weighted by atomic mass is 16.3. The number of primary amides is 1. The summed E-state index contributed by atoms with van der Waals surface area (Å²) >= 11 is 0. The Morgan fingerprint density at radius 1 is 1.80 bits per heavy atom. The van der Waals surface area contributed by atoms with Crippen LogP contribution in [0.25, 0.3) is 0 Å². The minimum atomic E-state index is -0.819. The Labute approximate surface area is 59.4 Å². The Morgan fingerprint density at radius 3 is 2.70 bits per heavy atom. The van der Waals surface area contributed by atoms with Gasteiger partial charge in [-0.05, 0) is 19.4 Å². The molecule has 0 radical (unpaired) electrons. The monoisotopic (exact) mass is 144 g/mol. The van der Waals surface area contributed by atoms with Crippen molar-refractivity contribution in [3.63, 3.8) is 0 Å². The zero-order chi connectivity index (χ0) is 7.61. The quantitative estimate of drug-likeness (QED) is 0.445. The van der Waals surface area contributed by atoms with Crippen LogP contribution < -0.4 is 11.1 Å². The van der Waals surface area contributed by atoms with Crippen molar-refractivity contribution in [1.82, 2.24) is 5.32 Å². The number of aliphatic hydroxyl groups is 1. The molecule has 0 saturated carbocycles. The molecule has 1 amide bonds. The van der Waals surface area contributed by atoms with Gasteiger partial charge in [0.25, 0.3) is 0 Å². The van der Waals surface area contributed by atoms with Crippen LogP contribution >= 0.6 is 0 Å². The van der Waals surface area contributed by atoms with Crippen LogP contribution in [-0.4, -0.2) is 29.7 Å². The van der Waals surface area contributed by atoms with Gasteiger partial charge in [0.15, 0.2) is 0 Å². The van der Waals surface area contributed by atoms with E-state index in [4.69, 9.17) is 10.8 Å². The Kier molecular flexibility index (Phi) is 1.92. The van der Waals surface area contributed by atoms with Gasteiger partial charge in [0, 0.05) is 0 Å². The lowest BCUT2D eigenvalue weighted by atomic mass is 9.98. The van der Waals surface area contributed by atoms with Crippen molar-refractivity contribution in [2.24, 2.45) is 5.73 Å². The zero-order valence-corrected chi connectivity index (χ0v) is 5.76. The number of rotatable bonds is 2. The summed E-state index contributed by atoms with van der Waals surface area (Å²) in [6.45, 7) is 0.575. The predicted molar refractivity (Wildman–Crippen MR) is 36.2 cm³/mol. The van der Waals surface area contributed by atoms with Gasteiger partial charge in [-0.3, -0.25) is 4.79 Å². The van der Waals surface area contributed by atoms with Crippen LogP contribution in [0.1, 0.15) is 12.8 Å². The van der Waals surface area contributed by atoms with Crippen LogP contribution in [0.5, 0.6) is 0 Å². The molecule has 4 nitrogen and oxygen atoms in total. The molecule has 1 aliphatic heterocycles. The summed E-state index contributed by atoms with van der Waals surface area (Å²) in [6.07, 6.45) is 1.56. The molecule has 10 heavy (non-hydrogen) atoms. The van der Waals surface area contributed by atoms with Crippen LogP contribution in [0.3, 0.4) is 0 Å². The molecule has 1 heterocycles. The first-order valence-electron chi connectivity index (χ1n) is 3.37. The number of aliphatic hydroxyl groups excluding tert-OH is 1. The zero-order valence-electron chi connectivity index (χ0n) is 5.76.